The first kappa shape index (κ1) is 9.28. The minimum absolute atomic E-state index is 0.673. The summed E-state index contributed by atoms with van der Waals surface area (Å²) in [5, 5.41) is 3.21. The van der Waals surface area contributed by atoms with Gasteiger partial charge in [0.15, 0.2) is 0 Å². The van der Waals surface area contributed by atoms with Crippen molar-refractivity contribution >= 4 is 0 Å². The molecule has 3 heteroatoms. The zero-order valence-electron chi connectivity index (χ0n) is 9.21. The molecule has 2 aliphatic carbocycles. The van der Waals surface area contributed by atoms with Crippen molar-refractivity contribution in [2.75, 3.05) is 7.05 Å². The molecule has 0 aromatic carbocycles. The van der Waals surface area contributed by atoms with Crippen LogP contribution in [0.2, 0.25) is 0 Å². The first-order valence-corrected chi connectivity index (χ1v) is 5.91. The second kappa shape index (κ2) is 3.56. The highest BCUT2D eigenvalue weighted by Crippen LogP contribution is 2.39. The first-order chi connectivity index (χ1) is 7.38. The van der Waals surface area contributed by atoms with Gasteiger partial charge in [0.25, 0.3) is 0 Å². The lowest BCUT2D eigenvalue weighted by Crippen LogP contribution is -2.12. The molecule has 1 saturated carbocycles. The van der Waals surface area contributed by atoms with Crippen molar-refractivity contribution in [1.29, 1.82) is 0 Å². The van der Waals surface area contributed by atoms with Crippen molar-refractivity contribution < 1.29 is 0 Å². The molecular weight excluding hydrogens is 186 g/mol. The fourth-order valence-electron chi connectivity index (χ4n) is 2.37. The molecule has 2 aliphatic rings. The summed E-state index contributed by atoms with van der Waals surface area (Å²) in [5.74, 6) is 1.78. The van der Waals surface area contributed by atoms with Gasteiger partial charge >= 0.3 is 0 Å². The Labute approximate surface area is 90.3 Å². The van der Waals surface area contributed by atoms with Crippen molar-refractivity contribution in [3.05, 3.63) is 22.8 Å². The summed E-state index contributed by atoms with van der Waals surface area (Å²) in [6.07, 6.45) is 6.18. The number of rotatable bonds is 3. The van der Waals surface area contributed by atoms with Crippen LogP contribution >= 0.6 is 0 Å². The molecule has 1 heterocycles. The summed E-state index contributed by atoms with van der Waals surface area (Å²) >= 11 is 0. The average Bonchev–Trinajstić information content (AvgIpc) is 2.98. The van der Waals surface area contributed by atoms with E-state index in [4.69, 9.17) is 9.97 Å². The van der Waals surface area contributed by atoms with Gasteiger partial charge in [-0.1, -0.05) is 0 Å². The predicted molar refractivity (Wildman–Crippen MR) is 58.8 cm³/mol. The normalized spacial score (nSPS) is 19.3. The fourth-order valence-corrected chi connectivity index (χ4v) is 2.37. The first-order valence-electron chi connectivity index (χ1n) is 5.91. The van der Waals surface area contributed by atoms with E-state index in [1.165, 1.54) is 42.6 Å². The van der Waals surface area contributed by atoms with E-state index in [1.807, 2.05) is 7.05 Å². The van der Waals surface area contributed by atoms with E-state index in [0.29, 0.717) is 5.92 Å². The third kappa shape index (κ3) is 1.65. The topological polar surface area (TPSA) is 37.8 Å². The summed E-state index contributed by atoms with van der Waals surface area (Å²) in [6.45, 7) is 0.893. The number of aromatic nitrogens is 2. The van der Waals surface area contributed by atoms with Crippen molar-refractivity contribution in [2.24, 2.45) is 0 Å². The van der Waals surface area contributed by atoms with Crippen LogP contribution in [0.1, 0.15) is 48.0 Å². The Bertz CT molecular complexity index is 383. The molecule has 1 aromatic rings. The summed E-state index contributed by atoms with van der Waals surface area (Å²) in [5.41, 5.74) is 4.01. The Morgan fingerprint density at radius 3 is 2.87 bits per heavy atom. The molecule has 80 valence electrons. The van der Waals surface area contributed by atoms with E-state index in [9.17, 15) is 0 Å². The maximum absolute atomic E-state index is 4.72. The Hall–Kier alpha value is -0.960. The lowest BCUT2D eigenvalue weighted by Gasteiger charge is -2.09. The average molecular weight is 203 g/mol. The maximum Gasteiger partial charge on any atom is 0.132 e. The standard InChI is InChI=1S/C12H17N3/c1-13-7-11-9-3-2-4-10(9)14-12(15-11)8-5-6-8/h8,13H,2-7H2,1H3. The number of hydrogen-bond donors (Lipinski definition) is 1. The van der Waals surface area contributed by atoms with E-state index in [0.717, 1.165) is 18.8 Å². The molecule has 0 aliphatic heterocycles. The highest BCUT2D eigenvalue weighted by molar-refractivity contribution is 5.31. The van der Waals surface area contributed by atoms with Crippen LogP contribution in [0, 0.1) is 0 Å². The third-order valence-corrected chi connectivity index (χ3v) is 3.32. The number of fused-ring (bicyclic) bond motifs is 1. The second-order valence-corrected chi connectivity index (χ2v) is 4.61. The molecule has 1 fully saturated rings. The molecule has 1 aromatic heterocycles. The molecule has 0 bridgehead atoms. The van der Waals surface area contributed by atoms with Crippen LogP contribution in [0.5, 0.6) is 0 Å². The Morgan fingerprint density at radius 2 is 2.13 bits per heavy atom. The summed E-state index contributed by atoms with van der Waals surface area (Å²) in [4.78, 5) is 9.44. The molecule has 0 amide bonds. The van der Waals surface area contributed by atoms with Crippen molar-refractivity contribution in [3.63, 3.8) is 0 Å². The van der Waals surface area contributed by atoms with Crippen LogP contribution in [0.4, 0.5) is 0 Å². The van der Waals surface area contributed by atoms with Crippen LogP contribution < -0.4 is 5.32 Å². The lowest BCUT2D eigenvalue weighted by atomic mass is 10.1. The van der Waals surface area contributed by atoms with Gasteiger partial charge in [0.2, 0.25) is 0 Å². The highest BCUT2D eigenvalue weighted by atomic mass is 14.9. The van der Waals surface area contributed by atoms with E-state index >= 15 is 0 Å². The van der Waals surface area contributed by atoms with Crippen LogP contribution in [-0.4, -0.2) is 17.0 Å². The Morgan fingerprint density at radius 1 is 1.27 bits per heavy atom. The Balaban J connectivity index is 2.02. The van der Waals surface area contributed by atoms with E-state index in [2.05, 4.69) is 5.32 Å². The molecule has 3 rings (SSSR count). The van der Waals surface area contributed by atoms with Gasteiger partial charge in [-0.3, -0.25) is 0 Å². The van der Waals surface area contributed by atoms with Gasteiger partial charge in [0.1, 0.15) is 5.82 Å². The summed E-state index contributed by atoms with van der Waals surface area (Å²) in [6, 6.07) is 0. The van der Waals surface area contributed by atoms with Crippen molar-refractivity contribution in [3.8, 4) is 0 Å². The predicted octanol–water partition coefficient (Wildman–Crippen LogP) is 1.56. The smallest absolute Gasteiger partial charge is 0.132 e. The molecule has 0 spiro atoms. The summed E-state index contributed by atoms with van der Waals surface area (Å²) < 4.78 is 0. The largest absolute Gasteiger partial charge is 0.314 e. The summed E-state index contributed by atoms with van der Waals surface area (Å²) in [7, 11) is 1.99. The van der Waals surface area contributed by atoms with Gasteiger partial charge in [-0.15, -0.1) is 0 Å². The zero-order chi connectivity index (χ0) is 10.3. The zero-order valence-corrected chi connectivity index (χ0v) is 9.21. The van der Waals surface area contributed by atoms with Crippen molar-refractivity contribution in [1.82, 2.24) is 15.3 Å². The van der Waals surface area contributed by atoms with Crippen molar-refractivity contribution in [2.45, 2.75) is 44.6 Å². The monoisotopic (exact) mass is 203 g/mol. The van der Waals surface area contributed by atoms with Gasteiger partial charge in [-0.25, -0.2) is 9.97 Å². The highest BCUT2D eigenvalue weighted by Gasteiger charge is 2.29. The van der Waals surface area contributed by atoms with E-state index in [-0.39, 0.29) is 0 Å². The maximum atomic E-state index is 4.72. The van der Waals surface area contributed by atoms with E-state index in [1.54, 1.807) is 0 Å². The molecule has 1 N–H and O–H groups in total. The minimum atomic E-state index is 0.673. The second-order valence-electron chi connectivity index (χ2n) is 4.61. The van der Waals surface area contributed by atoms with Crippen LogP contribution in [-0.2, 0) is 19.4 Å². The molecule has 0 unspecified atom stereocenters. The molecule has 0 atom stereocenters. The van der Waals surface area contributed by atoms with E-state index < -0.39 is 0 Å². The fraction of sp³-hybridized carbons (Fsp3) is 0.667. The molecule has 3 nitrogen and oxygen atoms in total. The number of aryl methyl sites for hydroxylation is 1. The minimum Gasteiger partial charge on any atom is -0.314 e. The molecule has 0 radical (unpaired) electrons. The van der Waals surface area contributed by atoms with Crippen LogP contribution in [0.25, 0.3) is 0 Å². The van der Waals surface area contributed by atoms with Crippen LogP contribution in [0.3, 0.4) is 0 Å². The van der Waals surface area contributed by atoms with Gasteiger partial charge in [-0.05, 0) is 44.7 Å². The third-order valence-electron chi connectivity index (χ3n) is 3.32. The van der Waals surface area contributed by atoms with Gasteiger partial charge in [0, 0.05) is 18.2 Å². The van der Waals surface area contributed by atoms with Crippen LogP contribution in [0.15, 0.2) is 0 Å². The Kier molecular flexibility index (Phi) is 2.20. The van der Waals surface area contributed by atoms with Gasteiger partial charge < -0.3 is 5.32 Å². The molecular formula is C12H17N3. The number of hydrogen-bond acceptors (Lipinski definition) is 3. The number of nitrogens with one attached hydrogen (secondary N) is 1. The number of nitrogens with zero attached hydrogens (tertiary/aromatic N) is 2. The molecule has 15 heavy (non-hydrogen) atoms. The quantitative estimate of drug-likeness (QED) is 0.810. The van der Waals surface area contributed by atoms with Gasteiger partial charge in [0.05, 0.1) is 5.69 Å². The SMILES string of the molecule is CNCc1nc(C2CC2)nc2c1CCC2. The lowest BCUT2D eigenvalue weighted by molar-refractivity contribution is 0.751. The molecule has 0 saturated heterocycles. The van der Waals surface area contributed by atoms with Gasteiger partial charge in [-0.2, -0.15) is 0 Å².